The van der Waals surface area contributed by atoms with E-state index in [2.05, 4.69) is 74.5 Å². The molecule has 0 spiro atoms. The molecule has 0 aromatic heterocycles. The predicted octanol–water partition coefficient (Wildman–Crippen LogP) is 6.65. The third-order valence-corrected chi connectivity index (χ3v) is 3.63. The van der Waals surface area contributed by atoms with Gasteiger partial charge in [-0.05, 0) is 25.1 Å². The van der Waals surface area contributed by atoms with Gasteiger partial charge >= 0.3 is 0 Å². The molecule has 0 N–H and O–H groups in total. The summed E-state index contributed by atoms with van der Waals surface area (Å²) in [7, 11) is 2.16. The van der Waals surface area contributed by atoms with Crippen molar-refractivity contribution in [1.29, 1.82) is 0 Å². The molecule has 1 heteroatoms. The maximum atomic E-state index is 2.28. The van der Waals surface area contributed by atoms with Gasteiger partial charge in [-0.2, -0.15) is 0 Å². The summed E-state index contributed by atoms with van der Waals surface area (Å²) in [6.07, 6.45) is 29.0. The van der Waals surface area contributed by atoms with Crippen LogP contribution in [0.5, 0.6) is 0 Å². The number of nitrogens with zero attached hydrogens (tertiary/aromatic N) is 1. The Morgan fingerprint density at radius 2 is 1.18 bits per heavy atom. The molecular weight excluding hydrogens is 266 g/mol. The van der Waals surface area contributed by atoms with Crippen molar-refractivity contribution < 1.29 is 0 Å². The summed E-state index contributed by atoms with van der Waals surface area (Å²) < 4.78 is 0. The lowest BCUT2D eigenvalue weighted by Crippen LogP contribution is -2.11. The molecule has 0 radical (unpaired) electrons. The van der Waals surface area contributed by atoms with Crippen molar-refractivity contribution in [3.8, 4) is 0 Å². The van der Waals surface area contributed by atoms with Crippen molar-refractivity contribution >= 4 is 0 Å². The fourth-order valence-corrected chi connectivity index (χ4v) is 2.24. The van der Waals surface area contributed by atoms with Crippen molar-refractivity contribution in [3.05, 3.63) is 48.7 Å². The largest absolute Gasteiger partial charge is 0.380 e. The fourth-order valence-electron chi connectivity index (χ4n) is 2.24. The topological polar surface area (TPSA) is 3.24 Å². The summed E-state index contributed by atoms with van der Waals surface area (Å²) >= 11 is 0. The molecule has 0 amide bonds. The van der Waals surface area contributed by atoms with Crippen LogP contribution in [0.1, 0.15) is 71.6 Å². The van der Waals surface area contributed by atoms with Crippen LogP contribution in [0.4, 0.5) is 0 Å². The number of hydrogen-bond donors (Lipinski definition) is 0. The van der Waals surface area contributed by atoms with Crippen LogP contribution in [0.3, 0.4) is 0 Å². The fraction of sp³-hybridized carbons (Fsp3) is 0.619. The molecule has 126 valence electrons. The third kappa shape index (κ3) is 16.8. The highest BCUT2D eigenvalue weighted by Crippen LogP contribution is 2.08. The smallest absolute Gasteiger partial charge is 0.0169 e. The van der Waals surface area contributed by atoms with Crippen molar-refractivity contribution in [1.82, 2.24) is 4.90 Å². The second-order valence-corrected chi connectivity index (χ2v) is 5.90. The van der Waals surface area contributed by atoms with Gasteiger partial charge in [-0.3, -0.25) is 0 Å². The van der Waals surface area contributed by atoms with Gasteiger partial charge in [0.1, 0.15) is 0 Å². The van der Waals surface area contributed by atoms with E-state index in [0.29, 0.717) is 0 Å². The minimum Gasteiger partial charge on any atom is -0.380 e. The highest BCUT2D eigenvalue weighted by molar-refractivity contribution is 5.15. The van der Waals surface area contributed by atoms with Crippen LogP contribution in [0, 0.1) is 0 Å². The first-order valence-corrected chi connectivity index (χ1v) is 9.18. The minimum absolute atomic E-state index is 1.09. The molecule has 0 unspecified atom stereocenters. The normalized spacial score (nSPS) is 12.5. The zero-order valence-electron chi connectivity index (χ0n) is 15.1. The van der Waals surface area contributed by atoms with Crippen LogP contribution in [-0.2, 0) is 0 Å². The van der Waals surface area contributed by atoms with E-state index in [1.807, 2.05) is 0 Å². The molecule has 0 saturated carbocycles. The summed E-state index contributed by atoms with van der Waals surface area (Å²) in [6.45, 7) is 5.58. The van der Waals surface area contributed by atoms with E-state index in [0.717, 1.165) is 13.0 Å². The Hall–Kier alpha value is -1.24. The van der Waals surface area contributed by atoms with Gasteiger partial charge in [0.05, 0.1) is 0 Å². The Balaban J connectivity index is 3.50. The molecule has 0 rings (SSSR count). The van der Waals surface area contributed by atoms with Crippen molar-refractivity contribution in [3.63, 3.8) is 0 Å². The standard InChI is InChI=1S/C21H37N/c1-4-6-8-10-12-14-16-18-20-22(3)21-19-17-15-13-11-9-7-5-2/h6,8,10,12,14,16,18,20H,4-5,7,9,11,13,15,17,19,21H2,1-3H3/b8-6+,12-10+,16-14+,20-18+. The van der Waals surface area contributed by atoms with Crippen LogP contribution in [0.2, 0.25) is 0 Å². The first-order valence-electron chi connectivity index (χ1n) is 9.18. The average Bonchev–Trinajstić information content (AvgIpc) is 2.52. The van der Waals surface area contributed by atoms with Crippen LogP contribution >= 0.6 is 0 Å². The minimum atomic E-state index is 1.09. The van der Waals surface area contributed by atoms with Gasteiger partial charge in [-0.15, -0.1) is 0 Å². The molecule has 0 atom stereocenters. The summed E-state index contributed by atoms with van der Waals surface area (Å²) in [5.41, 5.74) is 0. The summed E-state index contributed by atoms with van der Waals surface area (Å²) in [5.74, 6) is 0. The second-order valence-electron chi connectivity index (χ2n) is 5.90. The van der Waals surface area contributed by atoms with Gasteiger partial charge in [-0.25, -0.2) is 0 Å². The van der Waals surface area contributed by atoms with Gasteiger partial charge in [0.25, 0.3) is 0 Å². The van der Waals surface area contributed by atoms with Crippen LogP contribution < -0.4 is 0 Å². The Labute approximate surface area is 139 Å². The summed E-state index contributed by atoms with van der Waals surface area (Å²) in [4.78, 5) is 2.28. The molecule has 0 bridgehead atoms. The monoisotopic (exact) mass is 303 g/mol. The Morgan fingerprint density at radius 1 is 0.636 bits per heavy atom. The first kappa shape index (κ1) is 20.8. The molecule has 0 aromatic carbocycles. The summed E-state index contributed by atoms with van der Waals surface area (Å²) in [6, 6.07) is 0. The van der Waals surface area contributed by atoms with Gasteiger partial charge < -0.3 is 4.90 Å². The van der Waals surface area contributed by atoms with Gasteiger partial charge in [-0.1, -0.05) is 95.2 Å². The number of unbranched alkanes of at least 4 members (excludes halogenated alkanes) is 7. The summed E-state index contributed by atoms with van der Waals surface area (Å²) in [5, 5.41) is 0. The molecule has 0 aromatic rings. The first-order chi connectivity index (χ1) is 10.8. The quantitative estimate of drug-likeness (QED) is 0.256. The molecule has 0 aliphatic heterocycles. The molecule has 0 fully saturated rings. The molecular formula is C21H37N. The molecule has 1 nitrogen and oxygen atoms in total. The van der Waals surface area contributed by atoms with Crippen molar-refractivity contribution in [2.75, 3.05) is 13.6 Å². The van der Waals surface area contributed by atoms with Gasteiger partial charge in [0.15, 0.2) is 0 Å². The maximum absolute atomic E-state index is 2.28. The van der Waals surface area contributed by atoms with Crippen LogP contribution in [0.25, 0.3) is 0 Å². The van der Waals surface area contributed by atoms with Crippen molar-refractivity contribution in [2.45, 2.75) is 71.6 Å². The average molecular weight is 304 g/mol. The van der Waals surface area contributed by atoms with E-state index in [4.69, 9.17) is 0 Å². The molecule has 0 heterocycles. The Morgan fingerprint density at radius 3 is 1.82 bits per heavy atom. The zero-order valence-corrected chi connectivity index (χ0v) is 15.1. The molecule has 22 heavy (non-hydrogen) atoms. The third-order valence-electron chi connectivity index (χ3n) is 3.63. The van der Waals surface area contributed by atoms with E-state index < -0.39 is 0 Å². The van der Waals surface area contributed by atoms with E-state index in [1.54, 1.807) is 0 Å². The SMILES string of the molecule is CC/C=C/C=C/C=C/C=C/N(C)CCCCCCCCCC. The van der Waals surface area contributed by atoms with E-state index in [-0.39, 0.29) is 0 Å². The number of hydrogen-bond acceptors (Lipinski definition) is 1. The van der Waals surface area contributed by atoms with E-state index in [9.17, 15) is 0 Å². The molecule has 0 aliphatic rings. The molecule has 0 aliphatic carbocycles. The Bertz CT molecular complexity index is 323. The highest BCUT2D eigenvalue weighted by Gasteiger charge is 1.93. The molecule has 0 saturated heterocycles. The Kier molecular flexibility index (Phi) is 16.8. The van der Waals surface area contributed by atoms with Crippen LogP contribution in [-0.4, -0.2) is 18.5 Å². The second kappa shape index (κ2) is 17.8. The lowest BCUT2D eigenvalue weighted by atomic mass is 10.1. The van der Waals surface area contributed by atoms with E-state index in [1.165, 1.54) is 51.4 Å². The number of allylic oxidation sites excluding steroid dienone is 7. The zero-order chi connectivity index (χ0) is 16.3. The van der Waals surface area contributed by atoms with Gasteiger partial charge in [0, 0.05) is 13.6 Å². The van der Waals surface area contributed by atoms with Crippen LogP contribution in [0.15, 0.2) is 48.7 Å². The van der Waals surface area contributed by atoms with E-state index >= 15 is 0 Å². The lowest BCUT2D eigenvalue weighted by Gasteiger charge is -2.13. The van der Waals surface area contributed by atoms with Gasteiger partial charge in [0.2, 0.25) is 0 Å². The highest BCUT2D eigenvalue weighted by atomic mass is 15.1. The van der Waals surface area contributed by atoms with Crippen molar-refractivity contribution in [2.24, 2.45) is 0 Å². The number of rotatable bonds is 14. The lowest BCUT2D eigenvalue weighted by molar-refractivity contribution is 0.428. The predicted molar refractivity (Wildman–Crippen MR) is 102 cm³/mol. The maximum Gasteiger partial charge on any atom is 0.0169 e.